The molecule has 1 aromatic rings. The van der Waals surface area contributed by atoms with Crippen molar-refractivity contribution in [2.24, 2.45) is 5.92 Å². The lowest BCUT2D eigenvalue weighted by atomic mass is 9.94. The van der Waals surface area contributed by atoms with E-state index in [-0.39, 0.29) is 12.4 Å². The molecule has 2 atom stereocenters. The highest BCUT2D eigenvalue weighted by atomic mass is 16.5. The Kier molecular flexibility index (Phi) is 7.43. The second kappa shape index (κ2) is 9.07. The van der Waals surface area contributed by atoms with Crippen LogP contribution in [0.3, 0.4) is 0 Å². The number of methoxy groups -OCH3 is 1. The zero-order valence-corrected chi connectivity index (χ0v) is 13.7. The number of benzene rings is 1. The molecule has 1 N–H and O–H groups in total. The summed E-state index contributed by atoms with van der Waals surface area (Å²) in [6.45, 7) is 5.74. The lowest BCUT2D eigenvalue weighted by Crippen LogP contribution is -2.40. The van der Waals surface area contributed by atoms with Gasteiger partial charge in [-0.1, -0.05) is 13.8 Å². The number of carbonyl (C=O) groups excluding carboxylic acids is 2. The highest BCUT2D eigenvalue weighted by Gasteiger charge is 2.30. The van der Waals surface area contributed by atoms with E-state index in [4.69, 9.17) is 9.47 Å². The van der Waals surface area contributed by atoms with Gasteiger partial charge in [-0.3, -0.25) is 4.79 Å². The molecule has 5 heteroatoms. The number of ether oxygens (including phenoxy) is 2. The topological polar surface area (TPSA) is 64.6 Å². The molecule has 0 heterocycles. The second-order valence-electron chi connectivity index (χ2n) is 5.11. The van der Waals surface area contributed by atoms with Gasteiger partial charge in [0.05, 0.1) is 13.7 Å². The van der Waals surface area contributed by atoms with E-state index in [9.17, 15) is 9.59 Å². The van der Waals surface area contributed by atoms with Crippen LogP contribution in [0.5, 0.6) is 5.75 Å². The van der Waals surface area contributed by atoms with Gasteiger partial charge in [0.15, 0.2) is 0 Å². The summed E-state index contributed by atoms with van der Waals surface area (Å²) in [7, 11) is 1.59. The Morgan fingerprint density at radius 1 is 1.18 bits per heavy atom. The summed E-state index contributed by atoms with van der Waals surface area (Å²) in [5.41, 5.74) is 0.745. The summed E-state index contributed by atoms with van der Waals surface area (Å²) >= 11 is 0. The first-order valence-corrected chi connectivity index (χ1v) is 7.63. The van der Waals surface area contributed by atoms with Crippen LogP contribution in [0, 0.1) is 5.92 Å². The summed E-state index contributed by atoms with van der Waals surface area (Å²) < 4.78 is 10.2. The van der Waals surface area contributed by atoms with Crippen LogP contribution in [0.15, 0.2) is 24.3 Å². The fourth-order valence-corrected chi connectivity index (χ4v) is 2.15. The highest BCUT2D eigenvalue weighted by Crippen LogP contribution is 2.19. The molecule has 1 aromatic carbocycles. The van der Waals surface area contributed by atoms with E-state index < -0.39 is 17.9 Å². The van der Waals surface area contributed by atoms with Gasteiger partial charge in [-0.15, -0.1) is 0 Å². The van der Waals surface area contributed by atoms with Gasteiger partial charge in [-0.05, 0) is 37.6 Å². The molecule has 0 amide bonds. The average molecular weight is 307 g/mol. The minimum Gasteiger partial charge on any atom is -0.497 e. The third kappa shape index (κ3) is 5.06. The van der Waals surface area contributed by atoms with Crippen molar-refractivity contribution in [2.75, 3.05) is 19.0 Å². The van der Waals surface area contributed by atoms with Crippen molar-refractivity contribution >= 4 is 17.4 Å². The first-order chi connectivity index (χ1) is 10.5. The molecule has 0 fully saturated rings. The number of esters is 1. The van der Waals surface area contributed by atoms with Gasteiger partial charge in [0.25, 0.3) is 0 Å². The standard InChI is InChI=1S/C17H25NO4/c1-5-7-15(19)12(3)16(17(20)22-6-2)18-13-8-10-14(21-4)11-9-13/h8-12,16,18H,5-7H2,1-4H3/t12-,16-/m0/s1. The Hall–Kier alpha value is -2.04. The average Bonchev–Trinajstić information content (AvgIpc) is 2.53. The third-order valence-electron chi connectivity index (χ3n) is 3.46. The van der Waals surface area contributed by atoms with Crippen molar-refractivity contribution in [1.82, 2.24) is 0 Å². The number of nitrogens with one attached hydrogen (secondary N) is 1. The molecular formula is C17H25NO4. The number of carbonyl (C=O) groups is 2. The normalized spacial score (nSPS) is 13.1. The largest absolute Gasteiger partial charge is 0.497 e. The van der Waals surface area contributed by atoms with Gasteiger partial charge >= 0.3 is 5.97 Å². The molecule has 0 saturated carbocycles. The molecule has 0 spiro atoms. The third-order valence-corrected chi connectivity index (χ3v) is 3.46. The highest BCUT2D eigenvalue weighted by molar-refractivity contribution is 5.90. The summed E-state index contributed by atoms with van der Waals surface area (Å²) in [4.78, 5) is 24.3. The van der Waals surface area contributed by atoms with Crippen LogP contribution in [0.4, 0.5) is 5.69 Å². The van der Waals surface area contributed by atoms with Crippen LogP contribution >= 0.6 is 0 Å². The fourth-order valence-electron chi connectivity index (χ4n) is 2.15. The summed E-state index contributed by atoms with van der Waals surface area (Å²) in [6, 6.07) is 6.52. The second-order valence-corrected chi connectivity index (χ2v) is 5.11. The Morgan fingerprint density at radius 3 is 2.32 bits per heavy atom. The van der Waals surface area contributed by atoms with E-state index >= 15 is 0 Å². The van der Waals surface area contributed by atoms with Crippen LogP contribution in [0.1, 0.15) is 33.6 Å². The van der Waals surface area contributed by atoms with Crippen LogP contribution < -0.4 is 10.1 Å². The number of ketones is 1. The molecule has 0 aliphatic rings. The summed E-state index contributed by atoms with van der Waals surface area (Å²) in [6.07, 6.45) is 1.22. The number of Topliss-reactive ketones (excluding diaryl/α,β-unsaturated/α-hetero) is 1. The van der Waals surface area contributed by atoms with E-state index in [2.05, 4.69) is 5.32 Å². The van der Waals surface area contributed by atoms with Gasteiger partial charge in [0, 0.05) is 18.0 Å². The number of hydrogen-bond donors (Lipinski definition) is 1. The monoisotopic (exact) mass is 307 g/mol. The first-order valence-electron chi connectivity index (χ1n) is 7.63. The fraction of sp³-hybridized carbons (Fsp3) is 0.529. The van der Waals surface area contributed by atoms with Gasteiger partial charge in [-0.2, -0.15) is 0 Å². The Morgan fingerprint density at radius 2 is 1.82 bits per heavy atom. The predicted octanol–water partition coefficient (Wildman–Crippen LogP) is 3.04. The maximum Gasteiger partial charge on any atom is 0.329 e. The molecule has 5 nitrogen and oxygen atoms in total. The molecule has 22 heavy (non-hydrogen) atoms. The molecule has 1 rings (SSSR count). The summed E-state index contributed by atoms with van der Waals surface area (Å²) in [5.74, 6) is -0.0636. The molecular weight excluding hydrogens is 282 g/mol. The SMILES string of the molecule is CCCC(=O)[C@H](C)[C@H](Nc1ccc(OC)cc1)C(=O)OCC. The van der Waals surface area contributed by atoms with Crippen molar-refractivity contribution in [1.29, 1.82) is 0 Å². The molecule has 0 aliphatic carbocycles. The van der Waals surface area contributed by atoms with Crippen molar-refractivity contribution in [3.63, 3.8) is 0 Å². The summed E-state index contributed by atoms with van der Waals surface area (Å²) in [5, 5.41) is 3.10. The van der Waals surface area contributed by atoms with E-state index in [0.29, 0.717) is 6.42 Å². The Bertz CT molecular complexity index is 484. The molecule has 0 unspecified atom stereocenters. The van der Waals surface area contributed by atoms with Crippen LogP contribution in [-0.2, 0) is 14.3 Å². The first kappa shape index (κ1) is 18.0. The minimum atomic E-state index is -0.688. The maximum atomic E-state index is 12.2. The zero-order chi connectivity index (χ0) is 16.5. The lowest BCUT2D eigenvalue weighted by molar-refractivity contribution is -0.147. The molecule has 0 bridgehead atoms. The van der Waals surface area contributed by atoms with Gasteiger partial charge < -0.3 is 14.8 Å². The van der Waals surface area contributed by atoms with E-state index in [0.717, 1.165) is 17.9 Å². The number of hydrogen-bond acceptors (Lipinski definition) is 5. The van der Waals surface area contributed by atoms with Gasteiger partial charge in [0.1, 0.15) is 17.6 Å². The minimum absolute atomic E-state index is 0.0570. The van der Waals surface area contributed by atoms with E-state index in [1.807, 2.05) is 19.1 Å². The Labute approximate surface area is 132 Å². The van der Waals surface area contributed by atoms with Crippen molar-refractivity contribution < 1.29 is 19.1 Å². The molecule has 122 valence electrons. The lowest BCUT2D eigenvalue weighted by Gasteiger charge is -2.23. The smallest absolute Gasteiger partial charge is 0.329 e. The van der Waals surface area contributed by atoms with Gasteiger partial charge in [-0.25, -0.2) is 4.79 Å². The molecule has 0 aromatic heterocycles. The van der Waals surface area contributed by atoms with Crippen LogP contribution in [0.2, 0.25) is 0 Å². The van der Waals surface area contributed by atoms with Crippen molar-refractivity contribution in [3.05, 3.63) is 24.3 Å². The van der Waals surface area contributed by atoms with Crippen molar-refractivity contribution in [2.45, 2.75) is 39.7 Å². The molecule has 0 aliphatic heterocycles. The maximum absolute atomic E-state index is 12.2. The van der Waals surface area contributed by atoms with E-state index in [1.165, 1.54) is 0 Å². The zero-order valence-electron chi connectivity index (χ0n) is 13.7. The number of anilines is 1. The van der Waals surface area contributed by atoms with Crippen LogP contribution in [-0.4, -0.2) is 31.5 Å². The molecule has 0 saturated heterocycles. The predicted molar refractivity (Wildman–Crippen MR) is 86.1 cm³/mol. The van der Waals surface area contributed by atoms with Crippen LogP contribution in [0.25, 0.3) is 0 Å². The van der Waals surface area contributed by atoms with Gasteiger partial charge in [0.2, 0.25) is 0 Å². The van der Waals surface area contributed by atoms with Crippen molar-refractivity contribution in [3.8, 4) is 5.75 Å². The quantitative estimate of drug-likeness (QED) is 0.710. The molecule has 0 radical (unpaired) electrons. The van der Waals surface area contributed by atoms with E-state index in [1.54, 1.807) is 33.1 Å². The number of rotatable bonds is 9. The Balaban J connectivity index is 2.89.